The summed E-state index contributed by atoms with van der Waals surface area (Å²) in [5.74, 6) is 0.00334. The van der Waals surface area contributed by atoms with Crippen LogP contribution in [-0.2, 0) is 11.2 Å². The maximum Gasteiger partial charge on any atom is 0.236 e. The highest BCUT2D eigenvalue weighted by molar-refractivity contribution is 7.80. The van der Waals surface area contributed by atoms with Crippen molar-refractivity contribution in [2.24, 2.45) is 5.92 Å². The van der Waals surface area contributed by atoms with Crippen molar-refractivity contribution in [1.82, 2.24) is 10.2 Å². The highest BCUT2D eigenvalue weighted by atomic mass is 35.5. The summed E-state index contributed by atoms with van der Waals surface area (Å²) in [4.78, 5) is 15.9. The fourth-order valence-electron chi connectivity index (χ4n) is 5.19. The first-order chi connectivity index (χ1) is 16.8. The molecule has 0 saturated carbocycles. The van der Waals surface area contributed by atoms with E-state index in [-0.39, 0.29) is 11.9 Å². The predicted molar refractivity (Wildman–Crippen MR) is 144 cm³/mol. The van der Waals surface area contributed by atoms with Crippen LogP contribution in [0.25, 0.3) is 0 Å². The summed E-state index contributed by atoms with van der Waals surface area (Å²) >= 11 is 12.1. The number of carbonyl (C=O) groups excluding carboxylic acids is 1. The van der Waals surface area contributed by atoms with Gasteiger partial charge in [-0.05, 0) is 74.8 Å². The van der Waals surface area contributed by atoms with Crippen molar-refractivity contribution in [3.8, 4) is 5.75 Å². The molecule has 1 amide bonds. The molecular weight excluding hydrogens is 478 g/mol. The number of nitrogens with one attached hydrogen (secondary N) is 2. The van der Waals surface area contributed by atoms with Gasteiger partial charge in [0.15, 0.2) is 10.8 Å². The quantitative estimate of drug-likeness (QED) is 0.429. The van der Waals surface area contributed by atoms with Crippen LogP contribution in [0.15, 0.2) is 66.7 Å². The molecule has 2 aliphatic rings. The van der Waals surface area contributed by atoms with Crippen molar-refractivity contribution in [3.63, 3.8) is 0 Å². The molecule has 2 aliphatic heterocycles. The van der Waals surface area contributed by atoms with Crippen molar-refractivity contribution < 1.29 is 9.53 Å². The van der Waals surface area contributed by atoms with Crippen LogP contribution in [0, 0.1) is 19.8 Å². The molecule has 5 nitrogen and oxygen atoms in total. The monoisotopic (exact) mass is 505 g/mol. The van der Waals surface area contributed by atoms with Crippen LogP contribution in [0.2, 0.25) is 5.02 Å². The molecule has 3 atom stereocenters. The Morgan fingerprint density at radius 3 is 2.66 bits per heavy atom. The number of rotatable bonds is 5. The third-order valence-electron chi connectivity index (χ3n) is 6.98. The van der Waals surface area contributed by atoms with E-state index in [2.05, 4.69) is 28.8 Å². The smallest absolute Gasteiger partial charge is 0.236 e. The Hall–Kier alpha value is -3.09. The normalized spacial score (nSPS) is 22.6. The zero-order valence-corrected chi connectivity index (χ0v) is 21.5. The molecule has 1 saturated heterocycles. The van der Waals surface area contributed by atoms with Gasteiger partial charge in [0.25, 0.3) is 0 Å². The van der Waals surface area contributed by atoms with Crippen LogP contribution in [0.3, 0.4) is 0 Å². The SMILES string of the molecule is Cc1ccc(NC(=O)[C@@H]2[C@H]3NC(=S)N(CCc4ccccc4)[C@@]2(C)Oc2ccc(Cl)cc23)c(C)c1. The van der Waals surface area contributed by atoms with Gasteiger partial charge in [-0.25, -0.2) is 0 Å². The van der Waals surface area contributed by atoms with Crippen LogP contribution >= 0.6 is 23.8 Å². The topological polar surface area (TPSA) is 53.6 Å². The summed E-state index contributed by atoms with van der Waals surface area (Å²) in [7, 11) is 0. The van der Waals surface area contributed by atoms with Crippen LogP contribution in [0.5, 0.6) is 5.75 Å². The molecule has 7 heteroatoms. The second-order valence-corrected chi connectivity index (χ2v) is 10.3. The van der Waals surface area contributed by atoms with Gasteiger partial charge in [0.2, 0.25) is 5.91 Å². The number of amides is 1. The molecule has 0 spiro atoms. The van der Waals surface area contributed by atoms with Crippen LogP contribution in [0.1, 0.15) is 35.2 Å². The number of halogens is 1. The molecule has 180 valence electrons. The lowest BCUT2D eigenvalue weighted by Crippen LogP contribution is -2.71. The molecule has 0 aromatic heterocycles. The molecule has 5 rings (SSSR count). The van der Waals surface area contributed by atoms with Gasteiger partial charge in [-0.1, -0.05) is 59.6 Å². The van der Waals surface area contributed by atoms with Crippen molar-refractivity contribution >= 4 is 40.5 Å². The summed E-state index contributed by atoms with van der Waals surface area (Å²) in [6.45, 7) is 6.60. The molecular formula is C28H28ClN3O2S. The standard InChI is InChI=1S/C28H28ClN3O2S/c1-17-9-11-22(18(2)15-17)30-26(33)24-25-21-16-20(29)10-12-23(21)34-28(24,3)32(27(35)31-25)14-13-19-7-5-4-6-8-19/h4-12,15-16,24-25H,13-14H2,1-3H3,(H,30,33)(H,31,35)/t24-,25-,28-/m0/s1. The third-order valence-corrected chi connectivity index (χ3v) is 7.56. The average Bonchev–Trinajstić information content (AvgIpc) is 2.81. The number of hydrogen-bond donors (Lipinski definition) is 2. The third kappa shape index (κ3) is 4.37. The van der Waals surface area contributed by atoms with E-state index in [9.17, 15) is 4.79 Å². The Morgan fingerprint density at radius 2 is 1.91 bits per heavy atom. The van der Waals surface area contributed by atoms with Gasteiger partial charge in [-0.3, -0.25) is 4.79 Å². The lowest BCUT2D eigenvalue weighted by atomic mass is 9.78. The lowest BCUT2D eigenvalue weighted by molar-refractivity contribution is -0.149. The molecule has 2 bridgehead atoms. The molecule has 0 aliphatic carbocycles. The first-order valence-electron chi connectivity index (χ1n) is 11.7. The summed E-state index contributed by atoms with van der Waals surface area (Å²) in [6, 6.07) is 21.4. The number of benzene rings is 3. The van der Waals surface area contributed by atoms with Gasteiger partial charge in [0.1, 0.15) is 11.7 Å². The summed E-state index contributed by atoms with van der Waals surface area (Å²) in [5, 5.41) is 7.75. The van der Waals surface area contributed by atoms with Crippen molar-refractivity contribution in [2.45, 2.75) is 39.0 Å². The minimum absolute atomic E-state index is 0.130. The molecule has 2 N–H and O–H groups in total. The minimum Gasteiger partial charge on any atom is -0.467 e. The Labute approximate surface area is 216 Å². The van der Waals surface area contributed by atoms with Gasteiger partial charge in [0.05, 0.1) is 6.04 Å². The average molecular weight is 506 g/mol. The fourth-order valence-corrected chi connectivity index (χ4v) is 5.77. The maximum absolute atomic E-state index is 13.9. The van der Waals surface area contributed by atoms with Gasteiger partial charge >= 0.3 is 0 Å². The number of ether oxygens (including phenoxy) is 1. The van der Waals surface area contributed by atoms with Gasteiger partial charge in [-0.15, -0.1) is 0 Å². The van der Waals surface area contributed by atoms with E-state index < -0.39 is 11.6 Å². The minimum atomic E-state index is -0.981. The zero-order chi connectivity index (χ0) is 24.7. The number of hydrogen-bond acceptors (Lipinski definition) is 3. The van der Waals surface area contributed by atoms with Crippen LogP contribution in [-0.4, -0.2) is 28.2 Å². The van der Waals surface area contributed by atoms with Gasteiger partial charge in [0, 0.05) is 22.8 Å². The molecule has 0 radical (unpaired) electrons. The predicted octanol–water partition coefficient (Wildman–Crippen LogP) is 5.79. The number of anilines is 1. The summed E-state index contributed by atoms with van der Waals surface area (Å²) in [5.41, 5.74) is 4.00. The van der Waals surface area contributed by atoms with Crippen molar-refractivity contribution in [3.05, 3.63) is 94.0 Å². The fraction of sp³-hybridized carbons (Fsp3) is 0.286. The maximum atomic E-state index is 13.9. The van der Waals surface area contributed by atoms with Gasteiger partial charge < -0.3 is 20.3 Å². The first kappa shape index (κ1) is 23.6. The Balaban J connectivity index is 1.52. The highest BCUT2D eigenvalue weighted by Gasteiger charge is 2.58. The van der Waals surface area contributed by atoms with E-state index in [1.165, 1.54) is 5.56 Å². The van der Waals surface area contributed by atoms with E-state index in [1.807, 2.05) is 74.2 Å². The van der Waals surface area contributed by atoms with E-state index in [4.69, 9.17) is 28.6 Å². The molecule has 0 unspecified atom stereocenters. The van der Waals surface area contributed by atoms with E-state index >= 15 is 0 Å². The number of fused-ring (bicyclic) bond motifs is 4. The molecule has 35 heavy (non-hydrogen) atoms. The van der Waals surface area contributed by atoms with Crippen LogP contribution < -0.4 is 15.4 Å². The van der Waals surface area contributed by atoms with Crippen LogP contribution in [0.4, 0.5) is 5.69 Å². The lowest BCUT2D eigenvalue weighted by Gasteiger charge is -2.56. The number of aryl methyl sites for hydroxylation is 2. The van der Waals surface area contributed by atoms with Crippen molar-refractivity contribution in [2.75, 3.05) is 11.9 Å². The van der Waals surface area contributed by atoms with Crippen molar-refractivity contribution in [1.29, 1.82) is 0 Å². The van der Waals surface area contributed by atoms with E-state index in [1.54, 1.807) is 0 Å². The number of thiocarbonyl (C=S) groups is 1. The van der Waals surface area contributed by atoms with E-state index in [0.29, 0.717) is 22.4 Å². The first-order valence-corrected chi connectivity index (χ1v) is 12.5. The molecule has 3 aromatic carbocycles. The molecule has 1 fully saturated rings. The Kier molecular flexibility index (Phi) is 6.20. The molecule has 3 aromatic rings. The second kappa shape index (κ2) is 9.17. The number of carbonyl (C=O) groups is 1. The van der Waals surface area contributed by atoms with E-state index in [0.717, 1.165) is 28.8 Å². The van der Waals surface area contributed by atoms with Gasteiger partial charge in [-0.2, -0.15) is 0 Å². The number of nitrogens with zero attached hydrogens (tertiary/aromatic N) is 1. The second-order valence-electron chi connectivity index (χ2n) is 9.44. The molecule has 2 heterocycles. The summed E-state index contributed by atoms with van der Waals surface area (Å²) in [6.07, 6.45) is 0.769. The largest absolute Gasteiger partial charge is 0.467 e. The Morgan fingerprint density at radius 1 is 1.14 bits per heavy atom. The summed E-state index contributed by atoms with van der Waals surface area (Å²) < 4.78 is 6.62. The highest BCUT2D eigenvalue weighted by Crippen LogP contribution is 2.49. The zero-order valence-electron chi connectivity index (χ0n) is 20.0. The Bertz CT molecular complexity index is 1300.